The van der Waals surface area contributed by atoms with Gasteiger partial charge in [-0.3, -0.25) is 14.9 Å². The van der Waals surface area contributed by atoms with Crippen molar-refractivity contribution < 1.29 is 9.72 Å². The molecule has 2 aromatic carbocycles. The maximum absolute atomic E-state index is 12.4. The molecule has 1 heterocycles. The number of rotatable bonds is 6. The highest BCUT2D eigenvalue weighted by Crippen LogP contribution is 2.25. The van der Waals surface area contributed by atoms with Crippen molar-refractivity contribution in [1.82, 2.24) is 20.2 Å². The van der Waals surface area contributed by atoms with Crippen LogP contribution in [0.4, 0.5) is 5.69 Å². The van der Waals surface area contributed by atoms with Crippen LogP contribution in [0.1, 0.15) is 27.0 Å². The van der Waals surface area contributed by atoms with Crippen LogP contribution in [0.3, 0.4) is 0 Å². The molecule has 0 unspecified atom stereocenters. The number of nitrogens with zero attached hydrogens (tertiary/aromatic N) is 5. The van der Waals surface area contributed by atoms with Crippen molar-refractivity contribution in [3.63, 3.8) is 0 Å². The Bertz CT molecular complexity index is 1010. The third kappa shape index (κ3) is 4.03. The Morgan fingerprint density at radius 2 is 1.89 bits per heavy atom. The molecule has 3 aromatic rings. The number of ketones is 1. The van der Waals surface area contributed by atoms with E-state index in [1.807, 2.05) is 32.9 Å². The number of carbonyl (C=O) groups excluding carboxylic acids is 1. The van der Waals surface area contributed by atoms with E-state index in [9.17, 15) is 14.9 Å². The van der Waals surface area contributed by atoms with E-state index in [4.69, 9.17) is 0 Å². The molecule has 8 nitrogen and oxygen atoms in total. The van der Waals surface area contributed by atoms with Gasteiger partial charge in [0.05, 0.1) is 16.4 Å². The molecule has 3 rings (SSSR count). The Kier molecular flexibility index (Phi) is 5.31. The molecule has 0 N–H and O–H groups in total. The van der Waals surface area contributed by atoms with Crippen LogP contribution < -0.4 is 0 Å². The van der Waals surface area contributed by atoms with Crippen molar-refractivity contribution in [1.29, 1.82) is 0 Å². The van der Waals surface area contributed by atoms with Crippen LogP contribution in [0.15, 0.2) is 41.6 Å². The average Bonchev–Trinajstić information content (AvgIpc) is 3.07. The Morgan fingerprint density at radius 1 is 1.19 bits per heavy atom. The first-order valence-corrected chi connectivity index (χ1v) is 9.12. The third-order valence-corrected chi connectivity index (χ3v) is 4.92. The molecule has 138 valence electrons. The van der Waals surface area contributed by atoms with Gasteiger partial charge in [-0.25, -0.2) is 0 Å². The number of hydrogen-bond acceptors (Lipinski definition) is 7. The largest absolute Gasteiger partial charge is 0.293 e. The molecule has 0 bridgehead atoms. The van der Waals surface area contributed by atoms with Crippen LogP contribution in [0.25, 0.3) is 5.69 Å². The van der Waals surface area contributed by atoms with Gasteiger partial charge in [-0.05, 0) is 42.3 Å². The summed E-state index contributed by atoms with van der Waals surface area (Å²) < 4.78 is 1.62. The first kappa shape index (κ1) is 18.7. The molecule has 0 spiro atoms. The molecule has 0 amide bonds. The van der Waals surface area contributed by atoms with E-state index in [1.165, 1.54) is 30.0 Å². The van der Waals surface area contributed by atoms with Gasteiger partial charge in [0.1, 0.15) is 0 Å². The quantitative estimate of drug-likeness (QED) is 0.278. The third-order valence-electron chi connectivity index (χ3n) is 4.00. The molecule has 0 saturated heterocycles. The maximum atomic E-state index is 12.4. The zero-order chi connectivity index (χ0) is 19.6. The number of thioether (sulfide) groups is 1. The molecule has 0 fully saturated rings. The number of non-ortho nitro benzene ring substituents is 1. The van der Waals surface area contributed by atoms with Crippen LogP contribution in [-0.2, 0) is 0 Å². The van der Waals surface area contributed by atoms with Gasteiger partial charge in [0.15, 0.2) is 5.78 Å². The second-order valence-electron chi connectivity index (χ2n) is 6.14. The minimum atomic E-state index is -0.520. The molecule has 0 atom stereocenters. The highest BCUT2D eigenvalue weighted by Gasteiger charge is 2.17. The molecule has 0 aliphatic rings. The van der Waals surface area contributed by atoms with Gasteiger partial charge in [0.25, 0.3) is 5.69 Å². The lowest BCUT2D eigenvalue weighted by Gasteiger charge is -2.12. The lowest BCUT2D eigenvalue weighted by atomic mass is 10.1. The second-order valence-corrected chi connectivity index (χ2v) is 7.08. The van der Waals surface area contributed by atoms with Gasteiger partial charge in [-0.1, -0.05) is 41.6 Å². The highest BCUT2D eigenvalue weighted by molar-refractivity contribution is 7.99. The predicted molar refractivity (Wildman–Crippen MR) is 102 cm³/mol. The number of aromatic nitrogens is 4. The highest BCUT2D eigenvalue weighted by atomic mass is 32.2. The van der Waals surface area contributed by atoms with Crippen molar-refractivity contribution in [3.8, 4) is 5.69 Å². The van der Waals surface area contributed by atoms with E-state index in [0.717, 1.165) is 22.4 Å². The van der Waals surface area contributed by atoms with E-state index < -0.39 is 4.92 Å². The maximum Gasteiger partial charge on any atom is 0.270 e. The lowest BCUT2D eigenvalue weighted by Crippen LogP contribution is -2.07. The summed E-state index contributed by atoms with van der Waals surface area (Å²) in [6.45, 7) is 6.00. The van der Waals surface area contributed by atoms with E-state index >= 15 is 0 Å². The summed E-state index contributed by atoms with van der Waals surface area (Å²) in [5.74, 6) is -0.151. The predicted octanol–water partition coefficient (Wildman–Crippen LogP) is 3.47. The summed E-state index contributed by atoms with van der Waals surface area (Å²) in [7, 11) is 0. The van der Waals surface area contributed by atoms with Crippen molar-refractivity contribution in [2.75, 3.05) is 5.75 Å². The van der Waals surface area contributed by atoms with Crippen LogP contribution in [0, 0.1) is 30.9 Å². The standard InChI is InChI=1S/C18H17N5O3S/c1-11-7-12(2)17(13(3)8-11)22-18(19-20-21-22)27-10-16(24)14-5-4-6-15(9-14)23(25)26/h4-9H,10H2,1-3H3. The van der Waals surface area contributed by atoms with Gasteiger partial charge in [-0.2, -0.15) is 4.68 Å². The summed E-state index contributed by atoms with van der Waals surface area (Å²) in [5, 5.41) is 23.2. The van der Waals surface area contributed by atoms with E-state index in [2.05, 4.69) is 15.5 Å². The van der Waals surface area contributed by atoms with Gasteiger partial charge in [0.2, 0.25) is 5.16 Å². The van der Waals surface area contributed by atoms with Gasteiger partial charge < -0.3 is 0 Å². The number of hydrogen-bond donors (Lipinski definition) is 0. The minimum Gasteiger partial charge on any atom is -0.293 e. The molecule has 9 heteroatoms. The van der Waals surface area contributed by atoms with E-state index in [1.54, 1.807) is 10.7 Å². The number of carbonyl (C=O) groups is 1. The normalized spacial score (nSPS) is 10.8. The molecular weight excluding hydrogens is 366 g/mol. The van der Waals surface area contributed by atoms with E-state index in [0.29, 0.717) is 10.7 Å². The number of nitro groups is 1. The molecular formula is C18H17N5O3S. The van der Waals surface area contributed by atoms with Crippen molar-refractivity contribution in [2.24, 2.45) is 0 Å². The van der Waals surface area contributed by atoms with Crippen molar-refractivity contribution in [3.05, 3.63) is 68.8 Å². The van der Waals surface area contributed by atoms with Crippen molar-refractivity contribution in [2.45, 2.75) is 25.9 Å². The summed E-state index contributed by atoms with van der Waals surface area (Å²) >= 11 is 1.19. The Balaban J connectivity index is 1.81. The number of nitro benzene ring substituents is 1. The summed E-state index contributed by atoms with van der Waals surface area (Å²) in [4.78, 5) is 22.8. The smallest absolute Gasteiger partial charge is 0.270 e. The van der Waals surface area contributed by atoms with Crippen LogP contribution in [0.2, 0.25) is 0 Å². The molecule has 0 aliphatic carbocycles. The first-order chi connectivity index (χ1) is 12.9. The number of benzene rings is 2. The summed E-state index contributed by atoms with van der Waals surface area (Å²) in [6.07, 6.45) is 0. The van der Waals surface area contributed by atoms with E-state index in [-0.39, 0.29) is 17.2 Å². The number of tetrazole rings is 1. The Morgan fingerprint density at radius 3 is 2.56 bits per heavy atom. The zero-order valence-corrected chi connectivity index (χ0v) is 15.9. The Labute approximate surface area is 159 Å². The Hall–Kier alpha value is -3.07. The fourth-order valence-electron chi connectivity index (χ4n) is 2.92. The fourth-order valence-corrected chi connectivity index (χ4v) is 3.69. The molecule has 0 aliphatic heterocycles. The summed E-state index contributed by atoms with van der Waals surface area (Å²) in [6, 6.07) is 9.79. The molecule has 27 heavy (non-hydrogen) atoms. The number of Topliss-reactive ketones (excluding diaryl/α,β-unsaturated/α-hetero) is 1. The minimum absolute atomic E-state index is 0.0749. The van der Waals surface area contributed by atoms with Gasteiger partial charge in [-0.15, -0.1) is 5.10 Å². The van der Waals surface area contributed by atoms with Crippen molar-refractivity contribution >= 4 is 23.2 Å². The molecule has 1 aromatic heterocycles. The fraction of sp³-hybridized carbons (Fsp3) is 0.222. The van der Waals surface area contributed by atoms with Crippen LogP contribution in [-0.4, -0.2) is 36.7 Å². The topological polar surface area (TPSA) is 104 Å². The molecule has 0 saturated carbocycles. The first-order valence-electron chi connectivity index (χ1n) is 8.14. The number of aryl methyl sites for hydroxylation is 3. The SMILES string of the molecule is Cc1cc(C)c(-n2nnnc2SCC(=O)c2cccc([N+](=O)[O-])c2)c(C)c1. The average molecular weight is 383 g/mol. The van der Waals surface area contributed by atoms with Gasteiger partial charge >= 0.3 is 0 Å². The zero-order valence-electron chi connectivity index (χ0n) is 15.0. The lowest BCUT2D eigenvalue weighted by molar-refractivity contribution is -0.384. The second kappa shape index (κ2) is 7.67. The summed E-state index contributed by atoms with van der Waals surface area (Å²) in [5.41, 5.74) is 4.28. The monoisotopic (exact) mass is 383 g/mol. The van der Waals surface area contributed by atoms with Gasteiger partial charge in [0, 0.05) is 17.7 Å². The molecule has 0 radical (unpaired) electrons. The van der Waals surface area contributed by atoms with Crippen LogP contribution in [0.5, 0.6) is 0 Å². The van der Waals surface area contributed by atoms with Crippen LogP contribution >= 0.6 is 11.8 Å².